The molecule has 0 aromatic carbocycles. The van der Waals surface area contributed by atoms with Crippen molar-refractivity contribution in [2.45, 2.75) is 77.8 Å². The highest BCUT2D eigenvalue weighted by Gasteiger charge is 2.34. The molecule has 1 amide bonds. The summed E-state index contributed by atoms with van der Waals surface area (Å²) < 4.78 is 0. The van der Waals surface area contributed by atoms with Gasteiger partial charge in [-0.2, -0.15) is 0 Å². The Morgan fingerprint density at radius 3 is 2.20 bits per heavy atom. The van der Waals surface area contributed by atoms with Crippen LogP contribution in [0.15, 0.2) is 0 Å². The van der Waals surface area contributed by atoms with Gasteiger partial charge in [0.05, 0.1) is 6.54 Å². The topological polar surface area (TPSA) is 78.4 Å². The van der Waals surface area contributed by atoms with Gasteiger partial charge in [-0.05, 0) is 26.2 Å². The van der Waals surface area contributed by atoms with Gasteiger partial charge in [0, 0.05) is 6.04 Å². The van der Waals surface area contributed by atoms with E-state index in [1.165, 1.54) is 6.42 Å². The molecular weight excluding hydrogens is 256 g/mol. The van der Waals surface area contributed by atoms with E-state index < -0.39 is 11.5 Å². The lowest BCUT2D eigenvalue weighted by molar-refractivity contribution is -0.145. The highest BCUT2D eigenvalue weighted by molar-refractivity contribution is 5.82. The van der Waals surface area contributed by atoms with E-state index in [4.69, 9.17) is 0 Å². The van der Waals surface area contributed by atoms with Crippen molar-refractivity contribution in [1.82, 2.24) is 10.6 Å². The normalized spacial score (nSPS) is 13.0. The molecule has 1 unspecified atom stereocenters. The van der Waals surface area contributed by atoms with E-state index in [9.17, 15) is 14.7 Å². The van der Waals surface area contributed by atoms with Crippen molar-refractivity contribution in [2.24, 2.45) is 0 Å². The third kappa shape index (κ3) is 6.37. The van der Waals surface area contributed by atoms with Gasteiger partial charge in [-0.1, -0.05) is 40.0 Å². The Morgan fingerprint density at radius 1 is 1.15 bits per heavy atom. The average molecular weight is 286 g/mol. The molecule has 0 saturated carbocycles. The van der Waals surface area contributed by atoms with Crippen LogP contribution in [0.5, 0.6) is 0 Å². The molecule has 0 bridgehead atoms. The third-order valence-corrected chi connectivity index (χ3v) is 3.85. The van der Waals surface area contributed by atoms with E-state index in [1.807, 2.05) is 20.8 Å². The van der Waals surface area contributed by atoms with Crippen molar-refractivity contribution in [2.75, 3.05) is 6.54 Å². The third-order valence-electron chi connectivity index (χ3n) is 3.85. The van der Waals surface area contributed by atoms with Crippen LogP contribution in [0.1, 0.15) is 66.2 Å². The first-order valence-electron chi connectivity index (χ1n) is 7.69. The number of carboxylic acids is 1. The lowest BCUT2D eigenvalue weighted by Gasteiger charge is -2.28. The van der Waals surface area contributed by atoms with Gasteiger partial charge < -0.3 is 10.4 Å². The van der Waals surface area contributed by atoms with Crippen LogP contribution in [0.3, 0.4) is 0 Å². The van der Waals surface area contributed by atoms with E-state index in [-0.39, 0.29) is 18.5 Å². The average Bonchev–Trinajstić information content (AvgIpc) is 2.40. The number of amides is 1. The first-order chi connectivity index (χ1) is 9.41. The van der Waals surface area contributed by atoms with Crippen molar-refractivity contribution < 1.29 is 14.7 Å². The minimum atomic E-state index is -0.997. The molecule has 0 aromatic heterocycles. The van der Waals surface area contributed by atoms with E-state index in [0.29, 0.717) is 12.8 Å². The summed E-state index contributed by atoms with van der Waals surface area (Å²) in [6, 6.07) is 0.137. The minimum Gasteiger partial charge on any atom is -0.480 e. The molecule has 5 heteroatoms. The fourth-order valence-corrected chi connectivity index (χ4v) is 2.23. The number of carbonyl (C=O) groups excluding carboxylic acids is 1. The van der Waals surface area contributed by atoms with Crippen LogP contribution in [0.25, 0.3) is 0 Å². The lowest BCUT2D eigenvalue weighted by atomic mass is 9.93. The number of aliphatic carboxylic acids is 1. The molecule has 0 aliphatic rings. The van der Waals surface area contributed by atoms with Crippen molar-refractivity contribution in [3.8, 4) is 0 Å². The fourth-order valence-electron chi connectivity index (χ4n) is 2.23. The van der Waals surface area contributed by atoms with Gasteiger partial charge in [-0.3, -0.25) is 14.9 Å². The number of unbranched alkanes of at least 4 members (excludes halogenated alkanes) is 2. The van der Waals surface area contributed by atoms with Gasteiger partial charge in [0.15, 0.2) is 0 Å². The Labute approximate surface area is 122 Å². The molecule has 3 N–H and O–H groups in total. The Bertz CT molecular complexity index is 301. The predicted octanol–water partition coefficient (Wildman–Crippen LogP) is 2.30. The molecule has 20 heavy (non-hydrogen) atoms. The summed E-state index contributed by atoms with van der Waals surface area (Å²) in [5, 5.41) is 15.1. The lowest BCUT2D eigenvalue weighted by Crippen LogP contribution is -2.54. The highest BCUT2D eigenvalue weighted by atomic mass is 16.4. The molecular formula is C15H30N2O3. The molecule has 0 spiro atoms. The molecule has 0 rings (SSSR count). The molecule has 0 saturated heterocycles. The Morgan fingerprint density at radius 2 is 1.75 bits per heavy atom. The summed E-state index contributed by atoms with van der Waals surface area (Å²) in [6.07, 6.45) is 5.32. The maximum atomic E-state index is 11.8. The molecule has 1 atom stereocenters. The summed E-state index contributed by atoms with van der Waals surface area (Å²) in [7, 11) is 0. The zero-order valence-electron chi connectivity index (χ0n) is 13.3. The number of nitrogens with one attached hydrogen (secondary N) is 2. The van der Waals surface area contributed by atoms with Crippen LogP contribution in [-0.4, -0.2) is 35.1 Å². The summed E-state index contributed by atoms with van der Waals surface area (Å²) in [5.41, 5.74) is -0.997. The van der Waals surface area contributed by atoms with E-state index >= 15 is 0 Å². The van der Waals surface area contributed by atoms with Crippen LogP contribution >= 0.6 is 0 Å². The quantitative estimate of drug-likeness (QED) is 0.509. The zero-order chi connectivity index (χ0) is 15.6. The minimum absolute atomic E-state index is 0.0477. The Balaban J connectivity index is 4.17. The predicted molar refractivity (Wildman–Crippen MR) is 80.7 cm³/mol. The van der Waals surface area contributed by atoms with Crippen molar-refractivity contribution in [3.63, 3.8) is 0 Å². The molecule has 0 radical (unpaired) electrons. The van der Waals surface area contributed by atoms with Gasteiger partial charge in [0.2, 0.25) is 5.91 Å². The molecule has 0 aliphatic heterocycles. The van der Waals surface area contributed by atoms with Crippen LogP contribution in [0.2, 0.25) is 0 Å². The van der Waals surface area contributed by atoms with E-state index in [0.717, 1.165) is 19.3 Å². The molecule has 0 fully saturated rings. The summed E-state index contributed by atoms with van der Waals surface area (Å²) >= 11 is 0. The van der Waals surface area contributed by atoms with Crippen LogP contribution in [0, 0.1) is 0 Å². The molecule has 5 nitrogen and oxygen atoms in total. The van der Waals surface area contributed by atoms with Gasteiger partial charge in [-0.25, -0.2) is 0 Å². The second kappa shape index (κ2) is 9.75. The maximum absolute atomic E-state index is 11.8. The Hall–Kier alpha value is -1.10. The van der Waals surface area contributed by atoms with Crippen LogP contribution in [0.4, 0.5) is 0 Å². The van der Waals surface area contributed by atoms with Gasteiger partial charge in [-0.15, -0.1) is 0 Å². The summed E-state index contributed by atoms with van der Waals surface area (Å²) in [5.74, 6) is -1.03. The summed E-state index contributed by atoms with van der Waals surface area (Å²) in [6.45, 7) is 7.81. The van der Waals surface area contributed by atoms with Crippen LogP contribution in [-0.2, 0) is 9.59 Å². The van der Waals surface area contributed by atoms with Gasteiger partial charge in [0.25, 0.3) is 0 Å². The van der Waals surface area contributed by atoms with Crippen molar-refractivity contribution in [3.05, 3.63) is 0 Å². The van der Waals surface area contributed by atoms with Crippen molar-refractivity contribution >= 4 is 11.9 Å². The smallest absolute Gasteiger partial charge is 0.323 e. The first kappa shape index (κ1) is 18.9. The van der Waals surface area contributed by atoms with Gasteiger partial charge >= 0.3 is 5.97 Å². The first-order valence-corrected chi connectivity index (χ1v) is 7.69. The van der Waals surface area contributed by atoms with Gasteiger partial charge in [0.1, 0.15) is 5.54 Å². The van der Waals surface area contributed by atoms with Crippen LogP contribution < -0.4 is 10.6 Å². The highest BCUT2D eigenvalue weighted by Crippen LogP contribution is 2.14. The molecule has 0 heterocycles. The zero-order valence-corrected chi connectivity index (χ0v) is 13.3. The monoisotopic (exact) mass is 286 g/mol. The maximum Gasteiger partial charge on any atom is 0.323 e. The SMILES string of the molecule is CCCCCC(C)NC(=O)CNC(CC)(CC)C(=O)O. The van der Waals surface area contributed by atoms with Crippen molar-refractivity contribution in [1.29, 1.82) is 0 Å². The molecule has 0 aliphatic carbocycles. The standard InChI is InChI=1S/C15H30N2O3/c1-5-8-9-10-12(4)17-13(18)11-16-15(6-2,7-3)14(19)20/h12,16H,5-11H2,1-4H3,(H,17,18)(H,19,20). The second-order valence-electron chi connectivity index (χ2n) is 5.41. The van der Waals surface area contributed by atoms with E-state index in [2.05, 4.69) is 17.6 Å². The molecule has 118 valence electrons. The summed E-state index contributed by atoms with van der Waals surface area (Å²) in [4.78, 5) is 23.1. The largest absolute Gasteiger partial charge is 0.480 e. The Kier molecular flexibility index (Phi) is 9.21. The number of carboxylic acid groups (broad SMARTS) is 1. The van der Waals surface area contributed by atoms with E-state index in [1.54, 1.807) is 0 Å². The number of hydrogen-bond donors (Lipinski definition) is 3. The fraction of sp³-hybridized carbons (Fsp3) is 0.867. The molecule has 0 aromatic rings. The number of hydrogen-bond acceptors (Lipinski definition) is 3. The number of carbonyl (C=O) groups is 2. The number of rotatable bonds is 11. The second-order valence-corrected chi connectivity index (χ2v) is 5.41.